The summed E-state index contributed by atoms with van der Waals surface area (Å²) in [6, 6.07) is 0. The van der Waals surface area contributed by atoms with Gasteiger partial charge in [-0.1, -0.05) is 0 Å². The number of esters is 1. The first-order valence-corrected chi connectivity index (χ1v) is 2.51. The first kappa shape index (κ1) is 8.07. The van der Waals surface area contributed by atoms with Crippen LogP contribution in [0.2, 0.25) is 0 Å². The standard InChI is InChI=1S/C5H10N2O2/c1-5(2,7-6)4(8)9-3/h6H,1-3H3. The Labute approximate surface area is 53.7 Å². The topological polar surface area (TPSA) is 62.5 Å². The molecular formula is C5H10N2O2. The molecule has 0 saturated carbocycles. The molecule has 0 aromatic heterocycles. The van der Waals surface area contributed by atoms with Gasteiger partial charge in [-0.15, -0.1) is 0 Å². The maximum absolute atomic E-state index is 10.6. The van der Waals surface area contributed by atoms with E-state index in [0.29, 0.717) is 0 Å². The van der Waals surface area contributed by atoms with Crippen LogP contribution in [0.1, 0.15) is 13.8 Å². The first-order chi connectivity index (χ1) is 4.04. The number of rotatable bonds is 2. The summed E-state index contributed by atoms with van der Waals surface area (Å²) in [6.45, 7) is 3.04. The molecule has 0 aromatic carbocycles. The van der Waals surface area contributed by atoms with E-state index in [1.54, 1.807) is 0 Å². The molecule has 0 atom stereocenters. The normalized spacial score (nSPS) is 10.6. The van der Waals surface area contributed by atoms with Gasteiger partial charge in [0.2, 0.25) is 0 Å². The summed E-state index contributed by atoms with van der Waals surface area (Å²) < 4.78 is 4.35. The van der Waals surface area contributed by atoms with Crippen LogP contribution < -0.4 is 0 Å². The van der Waals surface area contributed by atoms with E-state index >= 15 is 0 Å². The number of nitrogens with zero attached hydrogens (tertiary/aromatic N) is 1. The molecule has 0 fully saturated rings. The van der Waals surface area contributed by atoms with Gasteiger partial charge in [0.25, 0.3) is 0 Å². The van der Waals surface area contributed by atoms with Crippen molar-refractivity contribution >= 4 is 5.97 Å². The Morgan fingerprint density at radius 2 is 2.11 bits per heavy atom. The van der Waals surface area contributed by atoms with Crippen molar-refractivity contribution in [2.75, 3.05) is 7.11 Å². The number of methoxy groups -OCH3 is 1. The van der Waals surface area contributed by atoms with E-state index in [-0.39, 0.29) is 0 Å². The van der Waals surface area contributed by atoms with Gasteiger partial charge in [-0.25, -0.2) is 10.3 Å². The number of nitrogens with one attached hydrogen (secondary N) is 1. The first-order valence-electron chi connectivity index (χ1n) is 2.51. The molecule has 0 unspecified atom stereocenters. The third-order valence-electron chi connectivity index (χ3n) is 0.964. The second-order valence-corrected chi connectivity index (χ2v) is 2.16. The second-order valence-electron chi connectivity index (χ2n) is 2.16. The van der Waals surface area contributed by atoms with Crippen LogP contribution in [0, 0.1) is 5.53 Å². The molecule has 0 spiro atoms. The summed E-state index contributed by atoms with van der Waals surface area (Å²) in [5.41, 5.74) is 5.54. The van der Waals surface area contributed by atoms with E-state index in [9.17, 15) is 4.79 Å². The van der Waals surface area contributed by atoms with E-state index in [1.807, 2.05) is 0 Å². The Kier molecular flexibility index (Phi) is 2.30. The fraction of sp³-hybridized carbons (Fsp3) is 0.800. The Hall–Kier alpha value is -0.930. The van der Waals surface area contributed by atoms with E-state index in [1.165, 1.54) is 21.0 Å². The van der Waals surface area contributed by atoms with Gasteiger partial charge in [0.05, 0.1) is 7.11 Å². The number of carbonyl (C=O) groups is 1. The van der Waals surface area contributed by atoms with Crippen LogP contribution in [0.5, 0.6) is 0 Å². The highest BCUT2D eigenvalue weighted by Crippen LogP contribution is 2.08. The molecule has 9 heavy (non-hydrogen) atoms. The summed E-state index contributed by atoms with van der Waals surface area (Å²) in [5.74, 6) is -0.488. The summed E-state index contributed by atoms with van der Waals surface area (Å²) in [4.78, 5) is 10.6. The molecule has 4 heteroatoms. The average molecular weight is 130 g/mol. The molecule has 0 aliphatic carbocycles. The summed E-state index contributed by atoms with van der Waals surface area (Å²) in [5, 5.41) is 3.07. The average Bonchev–Trinajstić information content (AvgIpc) is 1.86. The lowest BCUT2D eigenvalue weighted by Crippen LogP contribution is -2.29. The molecule has 0 aliphatic rings. The van der Waals surface area contributed by atoms with Crippen LogP contribution in [-0.2, 0) is 9.53 Å². The lowest BCUT2D eigenvalue weighted by atomic mass is 10.1. The third-order valence-corrected chi connectivity index (χ3v) is 0.964. The van der Waals surface area contributed by atoms with Crippen molar-refractivity contribution in [2.45, 2.75) is 19.4 Å². The van der Waals surface area contributed by atoms with Gasteiger partial charge in [0.1, 0.15) is 0 Å². The zero-order chi connectivity index (χ0) is 7.49. The Morgan fingerprint density at radius 3 is 2.22 bits per heavy atom. The molecule has 0 rings (SSSR count). The lowest BCUT2D eigenvalue weighted by molar-refractivity contribution is -0.145. The Balaban J connectivity index is 4.14. The highest BCUT2D eigenvalue weighted by atomic mass is 16.5. The SMILES string of the molecule is COC(=O)C(C)(C)N=N. The van der Waals surface area contributed by atoms with Crippen molar-refractivity contribution < 1.29 is 9.53 Å². The number of carbonyl (C=O) groups excluding carboxylic acids is 1. The van der Waals surface area contributed by atoms with E-state index in [0.717, 1.165) is 0 Å². The fourth-order valence-electron chi connectivity index (χ4n) is 0.295. The van der Waals surface area contributed by atoms with Crippen molar-refractivity contribution in [3.63, 3.8) is 0 Å². The smallest absolute Gasteiger partial charge is 0.335 e. The van der Waals surface area contributed by atoms with E-state index in [4.69, 9.17) is 5.53 Å². The molecule has 0 aliphatic heterocycles. The minimum atomic E-state index is -1.02. The molecule has 1 N–H and O–H groups in total. The van der Waals surface area contributed by atoms with Crippen molar-refractivity contribution in [1.82, 2.24) is 0 Å². The Morgan fingerprint density at radius 1 is 1.67 bits per heavy atom. The van der Waals surface area contributed by atoms with Gasteiger partial charge in [0.15, 0.2) is 5.54 Å². The third kappa shape index (κ3) is 1.79. The maximum Gasteiger partial charge on any atom is 0.335 e. The molecular weight excluding hydrogens is 120 g/mol. The van der Waals surface area contributed by atoms with Crippen molar-refractivity contribution in [3.8, 4) is 0 Å². The van der Waals surface area contributed by atoms with Crippen LogP contribution in [-0.4, -0.2) is 18.6 Å². The number of ether oxygens (including phenoxy) is 1. The molecule has 52 valence electrons. The van der Waals surface area contributed by atoms with Crippen molar-refractivity contribution in [3.05, 3.63) is 0 Å². The largest absolute Gasteiger partial charge is 0.467 e. The van der Waals surface area contributed by atoms with Gasteiger partial charge in [-0.3, -0.25) is 0 Å². The zero-order valence-electron chi connectivity index (χ0n) is 5.76. The monoisotopic (exact) mass is 130 g/mol. The molecule has 0 aromatic rings. The highest BCUT2D eigenvalue weighted by molar-refractivity contribution is 5.79. The van der Waals surface area contributed by atoms with Crippen LogP contribution >= 0.6 is 0 Å². The second kappa shape index (κ2) is 2.57. The fourth-order valence-corrected chi connectivity index (χ4v) is 0.295. The van der Waals surface area contributed by atoms with E-state index < -0.39 is 11.5 Å². The molecule has 0 heterocycles. The Bertz CT molecular complexity index is 131. The quantitative estimate of drug-likeness (QED) is 0.447. The van der Waals surface area contributed by atoms with Crippen molar-refractivity contribution in [1.29, 1.82) is 5.53 Å². The summed E-state index contributed by atoms with van der Waals surface area (Å²) in [6.07, 6.45) is 0. The molecule has 0 saturated heterocycles. The maximum atomic E-state index is 10.6. The number of hydrogen-bond acceptors (Lipinski definition) is 4. The molecule has 0 bridgehead atoms. The van der Waals surface area contributed by atoms with Gasteiger partial charge in [-0.05, 0) is 13.8 Å². The number of hydrogen-bond donors (Lipinski definition) is 1. The van der Waals surface area contributed by atoms with Crippen LogP contribution in [0.25, 0.3) is 0 Å². The highest BCUT2D eigenvalue weighted by Gasteiger charge is 2.27. The van der Waals surface area contributed by atoms with Crippen molar-refractivity contribution in [2.24, 2.45) is 5.11 Å². The van der Waals surface area contributed by atoms with Crippen LogP contribution in [0.4, 0.5) is 0 Å². The van der Waals surface area contributed by atoms with Gasteiger partial charge < -0.3 is 4.74 Å². The van der Waals surface area contributed by atoms with Gasteiger partial charge in [-0.2, -0.15) is 5.11 Å². The summed E-state index contributed by atoms with van der Waals surface area (Å²) in [7, 11) is 1.27. The zero-order valence-corrected chi connectivity index (χ0v) is 5.76. The van der Waals surface area contributed by atoms with E-state index in [2.05, 4.69) is 9.85 Å². The van der Waals surface area contributed by atoms with Crippen LogP contribution in [0.15, 0.2) is 5.11 Å². The molecule has 4 nitrogen and oxygen atoms in total. The van der Waals surface area contributed by atoms with Gasteiger partial charge >= 0.3 is 5.97 Å². The van der Waals surface area contributed by atoms with Crippen LogP contribution in [0.3, 0.4) is 0 Å². The molecule has 0 radical (unpaired) electrons. The lowest BCUT2D eigenvalue weighted by Gasteiger charge is -2.12. The minimum Gasteiger partial charge on any atom is -0.467 e. The summed E-state index contributed by atoms with van der Waals surface area (Å²) >= 11 is 0. The minimum absolute atomic E-state index is 0.488. The predicted molar refractivity (Wildman–Crippen MR) is 31.2 cm³/mol. The predicted octanol–water partition coefficient (Wildman–Crippen LogP) is 0.969. The molecule has 0 amide bonds. The van der Waals surface area contributed by atoms with Gasteiger partial charge in [0, 0.05) is 0 Å².